The molecule has 0 rings (SSSR count). The van der Waals surface area contributed by atoms with Crippen LogP contribution in [0.2, 0.25) is 13.3 Å². The molecule has 24 heavy (non-hydrogen) atoms. The number of sulfone groups is 1. The third-order valence-corrected chi connectivity index (χ3v) is 20.4. The zero-order valence-electron chi connectivity index (χ0n) is 15.9. The summed E-state index contributed by atoms with van der Waals surface area (Å²) in [4.78, 5) is 11.2. The second-order valence-electron chi connectivity index (χ2n) is 6.97. The Morgan fingerprint density at radius 3 is 1.71 bits per heavy atom. The molecule has 0 saturated heterocycles. The summed E-state index contributed by atoms with van der Waals surface area (Å²) in [5.74, 6) is -1.24. The van der Waals surface area contributed by atoms with E-state index in [1.807, 2.05) is 6.08 Å². The normalized spacial score (nSPS) is 14.2. The molecular formula is C18H36O4SSn. The Bertz CT molecular complexity index is 463. The first-order valence-electron chi connectivity index (χ1n) is 9.31. The fraction of sp³-hybridized carbons (Fsp3) is 0.833. The Labute approximate surface area is 152 Å². The molecule has 0 aromatic rings. The van der Waals surface area contributed by atoms with Crippen LogP contribution < -0.4 is 0 Å². The van der Waals surface area contributed by atoms with Crippen molar-refractivity contribution in [2.45, 2.75) is 84.3 Å². The zero-order chi connectivity index (χ0) is 18.6. The van der Waals surface area contributed by atoms with Crippen LogP contribution in [0.1, 0.15) is 65.7 Å². The van der Waals surface area contributed by atoms with Gasteiger partial charge in [0.2, 0.25) is 0 Å². The SMILES string of the molecule is CCC[CH2][Sn](/[CH]=C/CC(C(=O)O)S(C)(=O)=O)([CH2]CCC)[CH2]CCC. The summed E-state index contributed by atoms with van der Waals surface area (Å²) in [6.45, 7) is 6.64. The van der Waals surface area contributed by atoms with Gasteiger partial charge in [-0.2, -0.15) is 0 Å². The van der Waals surface area contributed by atoms with Gasteiger partial charge in [0.25, 0.3) is 0 Å². The van der Waals surface area contributed by atoms with E-state index >= 15 is 0 Å². The third-order valence-electron chi connectivity index (χ3n) is 4.70. The van der Waals surface area contributed by atoms with Crippen LogP contribution in [0, 0.1) is 0 Å². The molecule has 0 radical (unpaired) electrons. The van der Waals surface area contributed by atoms with E-state index < -0.39 is 39.4 Å². The summed E-state index contributed by atoms with van der Waals surface area (Å²) < 4.78 is 29.5. The first-order valence-corrected chi connectivity index (χ1v) is 19.0. The number of rotatable bonds is 14. The van der Waals surface area contributed by atoms with Gasteiger partial charge < -0.3 is 0 Å². The predicted molar refractivity (Wildman–Crippen MR) is 105 cm³/mol. The van der Waals surface area contributed by atoms with Crippen LogP contribution in [0.3, 0.4) is 0 Å². The molecule has 0 heterocycles. The number of carboxylic acids is 1. The van der Waals surface area contributed by atoms with E-state index in [4.69, 9.17) is 5.11 Å². The Morgan fingerprint density at radius 2 is 1.42 bits per heavy atom. The standard InChI is InChI=1S/C6H9O4S.3C4H9.Sn/c1-3-4-5(6(7)8)11(2,9)10;3*1-3-4-2;/h1,3,5H,4H2,2H3,(H,7,8);3*1,3-4H2,2H3;. The molecule has 1 unspecified atom stereocenters. The van der Waals surface area contributed by atoms with Gasteiger partial charge in [0.15, 0.2) is 0 Å². The molecule has 0 aromatic carbocycles. The van der Waals surface area contributed by atoms with E-state index in [1.165, 1.54) is 51.8 Å². The Kier molecular flexibility index (Phi) is 12.3. The fourth-order valence-corrected chi connectivity index (χ4v) is 18.4. The van der Waals surface area contributed by atoms with Crippen molar-refractivity contribution in [3.63, 3.8) is 0 Å². The quantitative estimate of drug-likeness (QED) is 0.372. The van der Waals surface area contributed by atoms with Crippen LogP contribution in [0.5, 0.6) is 0 Å². The van der Waals surface area contributed by atoms with E-state index in [1.54, 1.807) is 0 Å². The van der Waals surface area contributed by atoms with Gasteiger partial charge in [0.1, 0.15) is 0 Å². The van der Waals surface area contributed by atoms with Crippen LogP contribution in [0.15, 0.2) is 10.2 Å². The summed E-state index contributed by atoms with van der Waals surface area (Å²) in [5.41, 5.74) is 0. The molecule has 0 aromatic heterocycles. The monoisotopic (exact) mass is 468 g/mol. The van der Waals surface area contributed by atoms with Gasteiger partial charge in [-0.3, -0.25) is 0 Å². The first kappa shape index (κ1) is 24.0. The topological polar surface area (TPSA) is 71.4 Å². The number of hydrogen-bond acceptors (Lipinski definition) is 3. The van der Waals surface area contributed by atoms with E-state index in [0.717, 1.165) is 6.26 Å². The summed E-state index contributed by atoms with van der Waals surface area (Å²) in [6.07, 6.45) is 10.3. The molecule has 0 aliphatic heterocycles. The van der Waals surface area contributed by atoms with Gasteiger partial charge in [-0.1, -0.05) is 0 Å². The molecular weight excluding hydrogens is 431 g/mol. The molecule has 1 atom stereocenters. The third kappa shape index (κ3) is 9.44. The van der Waals surface area contributed by atoms with Crippen molar-refractivity contribution >= 4 is 34.2 Å². The molecule has 0 spiro atoms. The number of unbranched alkanes of at least 4 members (excludes halogenated alkanes) is 3. The molecule has 142 valence electrons. The molecule has 0 aliphatic rings. The molecule has 0 aliphatic carbocycles. The summed E-state index contributed by atoms with van der Waals surface area (Å²) in [5, 5.41) is 7.86. The second kappa shape index (κ2) is 12.3. The van der Waals surface area contributed by atoms with Gasteiger partial charge >= 0.3 is 153 Å². The van der Waals surface area contributed by atoms with Gasteiger partial charge in [-0.25, -0.2) is 0 Å². The van der Waals surface area contributed by atoms with Crippen LogP contribution in [-0.2, 0) is 14.6 Å². The first-order chi connectivity index (χ1) is 11.2. The number of allylic oxidation sites excluding steroid dienone is 1. The minimum absolute atomic E-state index is 0.108. The molecule has 0 bridgehead atoms. The fourth-order valence-electron chi connectivity index (χ4n) is 3.11. The maximum absolute atomic E-state index is 11.6. The summed E-state index contributed by atoms with van der Waals surface area (Å²) >= 11 is -2.44. The van der Waals surface area contributed by atoms with Gasteiger partial charge in [-0.15, -0.1) is 0 Å². The average Bonchev–Trinajstić information content (AvgIpc) is 2.50. The van der Waals surface area contributed by atoms with E-state index in [0.29, 0.717) is 0 Å². The Morgan fingerprint density at radius 1 is 1.00 bits per heavy atom. The van der Waals surface area contributed by atoms with Gasteiger partial charge in [0.05, 0.1) is 0 Å². The molecule has 1 N–H and O–H groups in total. The van der Waals surface area contributed by atoms with Crippen LogP contribution in [0.4, 0.5) is 0 Å². The summed E-state index contributed by atoms with van der Waals surface area (Å²) in [6, 6.07) is 0. The summed E-state index contributed by atoms with van der Waals surface area (Å²) in [7, 11) is -3.56. The van der Waals surface area contributed by atoms with Crippen molar-refractivity contribution in [3.05, 3.63) is 10.2 Å². The number of carbonyl (C=O) groups is 1. The maximum atomic E-state index is 11.6. The second-order valence-corrected chi connectivity index (χ2v) is 22.2. The Balaban J connectivity index is 5.26. The zero-order valence-corrected chi connectivity index (χ0v) is 19.6. The van der Waals surface area contributed by atoms with Crippen molar-refractivity contribution in [1.82, 2.24) is 0 Å². The van der Waals surface area contributed by atoms with Crippen molar-refractivity contribution in [2.24, 2.45) is 0 Å². The molecule has 0 amide bonds. The average molecular weight is 467 g/mol. The van der Waals surface area contributed by atoms with Crippen LogP contribution in [-0.4, -0.2) is 49.4 Å². The van der Waals surface area contributed by atoms with Crippen LogP contribution >= 0.6 is 0 Å². The number of aliphatic carboxylic acids is 1. The van der Waals surface area contributed by atoms with Crippen molar-refractivity contribution in [1.29, 1.82) is 0 Å². The van der Waals surface area contributed by atoms with E-state index in [2.05, 4.69) is 24.9 Å². The van der Waals surface area contributed by atoms with E-state index in [-0.39, 0.29) is 6.42 Å². The number of hydrogen-bond donors (Lipinski definition) is 1. The van der Waals surface area contributed by atoms with Crippen molar-refractivity contribution < 1.29 is 18.3 Å². The number of carboxylic acid groups (broad SMARTS) is 1. The molecule has 0 fully saturated rings. The van der Waals surface area contributed by atoms with Crippen molar-refractivity contribution in [2.75, 3.05) is 6.26 Å². The minimum atomic E-state index is -3.56. The molecule has 0 saturated carbocycles. The molecule has 4 nitrogen and oxygen atoms in total. The predicted octanol–water partition coefficient (Wildman–Crippen LogP) is 4.82. The molecule has 6 heteroatoms. The Hall–Kier alpha value is -0.0413. The van der Waals surface area contributed by atoms with Crippen molar-refractivity contribution in [3.8, 4) is 0 Å². The van der Waals surface area contributed by atoms with E-state index in [9.17, 15) is 13.2 Å². The van der Waals surface area contributed by atoms with Crippen LogP contribution in [0.25, 0.3) is 0 Å². The van der Waals surface area contributed by atoms with Gasteiger partial charge in [0, 0.05) is 0 Å². The van der Waals surface area contributed by atoms with Gasteiger partial charge in [-0.05, 0) is 0 Å².